The second-order valence-electron chi connectivity index (χ2n) is 9.14. The van der Waals surface area contributed by atoms with Crippen molar-refractivity contribution in [1.29, 1.82) is 0 Å². The Morgan fingerprint density at radius 2 is 0.848 bits per heavy atom. The molecule has 0 aliphatic rings. The molecular formula is C32H32N4O10. The number of rotatable bonds is 16. The van der Waals surface area contributed by atoms with Crippen LogP contribution in [0.2, 0.25) is 0 Å². The molecule has 0 saturated heterocycles. The highest BCUT2D eigenvalue weighted by Gasteiger charge is 2.17. The topological polar surface area (TPSA) is 186 Å². The zero-order valence-corrected chi connectivity index (χ0v) is 24.9. The molecule has 46 heavy (non-hydrogen) atoms. The fraction of sp³-hybridized carbons (Fsp3) is 0.188. The van der Waals surface area contributed by atoms with E-state index in [2.05, 4.69) is 20.6 Å². The van der Waals surface area contributed by atoms with Gasteiger partial charge in [-0.15, -0.1) is 0 Å². The van der Waals surface area contributed by atoms with Crippen LogP contribution in [0.15, 0.2) is 81.3 Å². The largest absolute Gasteiger partial charge is 0.504 e. The van der Waals surface area contributed by atoms with Crippen LogP contribution in [0.4, 0.5) is 0 Å². The number of hydrogen-bond acceptors (Lipinski definition) is 14. The van der Waals surface area contributed by atoms with E-state index in [0.717, 1.165) is 0 Å². The molecule has 0 radical (unpaired) electrons. The van der Waals surface area contributed by atoms with Crippen molar-refractivity contribution >= 4 is 35.6 Å². The molecule has 0 amide bonds. The van der Waals surface area contributed by atoms with Gasteiger partial charge in [-0.25, -0.2) is 0 Å². The van der Waals surface area contributed by atoms with E-state index in [0.29, 0.717) is 33.4 Å². The molecule has 4 N–H and O–H groups in total. The molecule has 0 aliphatic heterocycles. The Kier molecular flexibility index (Phi) is 11.8. The average molecular weight is 633 g/mol. The van der Waals surface area contributed by atoms with Gasteiger partial charge in [-0.05, 0) is 35.0 Å². The number of nitrogens with zero attached hydrogens (tertiary/aromatic N) is 4. The molecule has 0 saturated carbocycles. The summed E-state index contributed by atoms with van der Waals surface area (Å²) in [7, 11) is 2.90. The summed E-state index contributed by atoms with van der Waals surface area (Å²) in [5, 5.41) is 58.0. The lowest BCUT2D eigenvalue weighted by atomic mass is 9.98. The number of hydrogen-bond donors (Lipinski definition) is 4. The van der Waals surface area contributed by atoms with Crippen LogP contribution in [-0.2, 0) is 19.4 Å². The quantitative estimate of drug-likeness (QED) is 0.0594. The summed E-state index contributed by atoms with van der Waals surface area (Å²) >= 11 is 0. The minimum atomic E-state index is -0.426. The molecule has 4 aromatic rings. The Hall–Kier alpha value is -6.18. The highest BCUT2D eigenvalue weighted by atomic mass is 16.7. The standard InChI is InChI=1S/C32H32N4O10/c1-41-27-11-5-7-21(29(27)37)17-33-43-13-15-45-35-19-25-23-9-3-4-10-24(23)26(32(40)31(25)39)20-36-46-16-14-44-34-18-22-8-6-12-28(42-2)30(22)38/h3-12,17-20,37-40H,13-16H2,1-2H3/b33-17+,34-18+,35-19+,36-20+. The fourth-order valence-electron chi connectivity index (χ4n) is 4.07. The smallest absolute Gasteiger partial charge is 0.167 e. The van der Waals surface area contributed by atoms with E-state index < -0.39 is 11.5 Å². The number of methoxy groups -OCH3 is 2. The second kappa shape index (κ2) is 16.6. The van der Waals surface area contributed by atoms with Crippen molar-refractivity contribution < 1.29 is 49.3 Å². The van der Waals surface area contributed by atoms with Crippen molar-refractivity contribution in [3.63, 3.8) is 0 Å². The number of phenols is 4. The number of phenolic OH excluding ortho intramolecular Hbond substituents is 4. The maximum Gasteiger partial charge on any atom is 0.167 e. The Morgan fingerprint density at radius 1 is 0.478 bits per heavy atom. The summed E-state index contributed by atoms with van der Waals surface area (Å²) in [5.41, 5.74) is 1.30. The van der Waals surface area contributed by atoms with Crippen LogP contribution >= 0.6 is 0 Å². The summed E-state index contributed by atoms with van der Waals surface area (Å²) in [6, 6.07) is 17.0. The maximum atomic E-state index is 10.7. The summed E-state index contributed by atoms with van der Waals surface area (Å²) in [6.45, 7) is 0.163. The number of benzene rings is 4. The zero-order chi connectivity index (χ0) is 32.7. The van der Waals surface area contributed by atoms with Crippen molar-refractivity contribution in [2.75, 3.05) is 40.6 Å². The van der Waals surface area contributed by atoms with Crippen molar-refractivity contribution in [3.05, 3.63) is 82.9 Å². The van der Waals surface area contributed by atoms with Crippen molar-refractivity contribution in [2.45, 2.75) is 0 Å². The summed E-state index contributed by atoms with van der Waals surface area (Å²) < 4.78 is 10.1. The zero-order valence-electron chi connectivity index (χ0n) is 24.9. The number of oxime groups is 4. The molecule has 0 atom stereocenters. The van der Waals surface area contributed by atoms with Gasteiger partial charge in [0.25, 0.3) is 0 Å². The molecule has 4 rings (SSSR count). The van der Waals surface area contributed by atoms with Crippen LogP contribution in [-0.4, -0.2) is 85.9 Å². The van der Waals surface area contributed by atoms with Gasteiger partial charge < -0.3 is 49.3 Å². The van der Waals surface area contributed by atoms with E-state index in [4.69, 9.17) is 28.8 Å². The van der Waals surface area contributed by atoms with Crippen LogP contribution in [0.25, 0.3) is 10.8 Å². The predicted molar refractivity (Wildman–Crippen MR) is 171 cm³/mol. The Morgan fingerprint density at radius 3 is 1.22 bits per heavy atom. The molecule has 14 nitrogen and oxygen atoms in total. The highest BCUT2D eigenvalue weighted by Crippen LogP contribution is 2.38. The first-order valence-corrected chi connectivity index (χ1v) is 13.8. The SMILES string of the molecule is COc1cccc(/C=N/OCCO/N=C/c2c(O)c(O)c(/C=N/OCCO/N=C/c3cccc(OC)c3O)c3ccccc23)c1O. The summed E-state index contributed by atoms with van der Waals surface area (Å²) in [6.07, 6.45) is 5.22. The van der Waals surface area contributed by atoms with E-state index in [1.807, 2.05) is 0 Å². The molecule has 240 valence electrons. The molecule has 0 bridgehead atoms. The van der Waals surface area contributed by atoms with Gasteiger partial charge in [0.05, 0.1) is 39.1 Å². The first-order chi connectivity index (χ1) is 22.5. The average Bonchev–Trinajstić information content (AvgIpc) is 3.07. The molecule has 0 spiro atoms. The van der Waals surface area contributed by atoms with Gasteiger partial charge in [0, 0.05) is 22.3 Å². The number of ether oxygens (including phenoxy) is 2. The van der Waals surface area contributed by atoms with Gasteiger partial charge in [0.15, 0.2) is 60.9 Å². The lowest BCUT2D eigenvalue weighted by molar-refractivity contribution is 0.0553. The van der Waals surface area contributed by atoms with Crippen molar-refractivity contribution in [1.82, 2.24) is 0 Å². The monoisotopic (exact) mass is 632 g/mol. The van der Waals surface area contributed by atoms with Crippen molar-refractivity contribution in [3.8, 4) is 34.5 Å². The number of aromatic hydroxyl groups is 4. The normalized spacial score (nSPS) is 11.6. The molecule has 0 heterocycles. The van der Waals surface area contributed by atoms with Crippen LogP contribution in [0, 0.1) is 0 Å². The Balaban J connectivity index is 1.29. The minimum Gasteiger partial charge on any atom is -0.504 e. The molecule has 0 fully saturated rings. The number of para-hydroxylation sites is 2. The first-order valence-electron chi connectivity index (χ1n) is 13.8. The van der Waals surface area contributed by atoms with Gasteiger partial charge in [0.2, 0.25) is 0 Å². The second-order valence-corrected chi connectivity index (χ2v) is 9.14. The molecular weight excluding hydrogens is 600 g/mol. The molecule has 0 aliphatic carbocycles. The summed E-state index contributed by atoms with van der Waals surface area (Å²) in [4.78, 5) is 20.7. The highest BCUT2D eigenvalue weighted by molar-refractivity contribution is 6.11. The van der Waals surface area contributed by atoms with Gasteiger partial charge in [-0.3, -0.25) is 0 Å². The lowest BCUT2D eigenvalue weighted by Crippen LogP contribution is -2.00. The van der Waals surface area contributed by atoms with Crippen LogP contribution in [0.5, 0.6) is 34.5 Å². The van der Waals surface area contributed by atoms with E-state index in [1.54, 1.807) is 60.7 Å². The Labute approximate surface area is 263 Å². The molecule has 0 unspecified atom stereocenters. The fourth-order valence-corrected chi connectivity index (χ4v) is 4.07. The Bertz CT molecular complexity index is 1610. The third-order valence-electron chi connectivity index (χ3n) is 6.32. The number of fused-ring (bicyclic) bond motifs is 1. The third-order valence-corrected chi connectivity index (χ3v) is 6.32. The van der Waals surface area contributed by atoms with E-state index >= 15 is 0 Å². The van der Waals surface area contributed by atoms with E-state index in [-0.39, 0.29) is 49.1 Å². The maximum absolute atomic E-state index is 10.7. The lowest BCUT2D eigenvalue weighted by Gasteiger charge is -2.11. The summed E-state index contributed by atoms with van der Waals surface area (Å²) in [5.74, 6) is -0.337. The van der Waals surface area contributed by atoms with Gasteiger partial charge in [0.1, 0.15) is 0 Å². The van der Waals surface area contributed by atoms with Gasteiger partial charge >= 0.3 is 0 Å². The predicted octanol–water partition coefficient (Wildman–Crippen LogP) is 4.48. The van der Waals surface area contributed by atoms with E-state index in [9.17, 15) is 20.4 Å². The van der Waals surface area contributed by atoms with E-state index in [1.165, 1.54) is 39.1 Å². The minimum absolute atomic E-state index is 0.0309. The molecule has 14 heteroatoms. The third kappa shape index (κ3) is 8.25. The van der Waals surface area contributed by atoms with Gasteiger partial charge in [-0.2, -0.15) is 0 Å². The van der Waals surface area contributed by atoms with Crippen LogP contribution in [0.1, 0.15) is 22.3 Å². The van der Waals surface area contributed by atoms with Crippen LogP contribution in [0.3, 0.4) is 0 Å². The van der Waals surface area contributed by atoms with Crippen LogP contribution < -0.4 is 9.47 Å². The molecule has 4 aromatic carbocycles. The van der Waals surface area contributed by atoms with Gasteiger partial charge in [-0.1, -0.05) is 57.0 Å². The first kappa shape index (κ1) is 32.7. The van der Waals surface area contributed by atoms with Crippen molar-refractivity contribution in [2.24, 2.45) is 20.6 Å². The molecule has 0 aromatic heterocycles.